The molecule has 0 fully saturated rings. The highest BCUT2D eigenvalue weighted by atomic mass is 32.2. The second-order valence-corrected chi connectivity index (χ2v) is 7.60. The van der Waals surface area contributed by atoms with Gasteiger partial charge in [-0.15, -0.1) is 11.3 Å². The zero-order valence-corrected chi connectivity index (χ0v) is 14.7. The quantitative estimate of drug-likeness (QED) is 0.574. The molecule has 0 saturated carbocycles. The molecule has 0 aliphatic carbocycles. The molecule has 5 nitrogen and oxygen atoms in total. The lowest BCUT2D eigenvalue weighted by atomic mass is 10.1. The lowest BCUT2D eigenvalue weighted by molar-refractivity contribution is -0.143. The van der Waals surface area contributed by atoms with Crippen molar-refractivity contribution in [2.24, 2.45) is 0 Å². The Morgan fingerprint density at radius 1 is 1.04 bits per heavy atom. The van der Waals surface area contributed by atoms with Crippen molar-refractivity contribution in [1.82, 2.24) is 0 Å². The Hall–Kier alpha value is -2.28. The third kappa shape index (κ3) is 4.71. The van der Waals surface area contributed by atoms with E-state index >= 15 is 0 Å². The maximum atomic E-state index is 12.9. The van der Waals surface area contributed by atoms with Crippen LogP contribution in [0.25, 0.3) is 0 Å². The number of carbonyl (C=O) groups is 1. The van der Waals surface area contributed by atoms with E-state index in [1.807, 2.05) is 0 Å². The summed E-state index contributed by atoms with van der Waals surface area (Å²) in [5, 5.41) is 1.29. The van der Waals surface area contributed by atoms with Crippen molar-refractivity contribution in [3.63, 3.8) is 0 Å². The molecule has 1 aromatic carbocycles. The molecule has 2 aromatic rings. The van der Waals surface area contributed by atoms with Crippen molar-refractivity contribution < 1.29 is 44.3 Å². The fourth-order valence-electron chi connectivity index (χ4n) is 1.93. The van der Waals surface area contributed by atoms with Gasteiger partial charge in [-0.1, -0.05) is 0 Å². The Labute approximate surface area is 152 Å². The monoisotopic (exact) mass is 433 g/mol. The number of alkyl halides is 6. The molecule has 27 heavy (non-hydrogen) atoms. The number of sulfonamides is 1. The molecule has 0 bridgehead atoms. The molecule has 1 heterocycles. The number of methoxy groups -OCH3 is 1. The first kappa shape index (κ1) is 21.0. The summed E-state index contributed by atoms with van der Waals surface area (Å²) in [4.78, 5) is 10.1. The second-order valence-electron chi connectivity index (χ2n) is 5.00. The average Bonchev–Trinajstić information content (AvgIpc) is 2.99. The van der Waals surface area contributed by atoms with E-state index in [4.69, 9.17) is 0 Å². The SMILES string of the molecule is COC(=O)c1sccc1NS(=O)(=O)c1cc(C(F)(F)F)cc(C(F)(F)F)c1. The summed E-state index contributed by atoms with van der Waals surface area (Å²) in [5.41, 5.74) is -3.90. The van der Waals surface area contributed by atoms with Crippen molar-refractivity contribution in [3.8, 4) is 0 Å². The Balaban J connectivity index is 2.56. The van der Waals surface area contributed by atoms with Crippen LogP contribution in [-0.2, 0) is 27.1 Å². The van der Waals surface area contributed by atoms with Crippen LogP contribution in [0.3, 0.4) is 0 Å². The molecule has 0 amide bonds. The van der Waals surface area contributed by atoms with Crippen molar-refractivity contribution in [1.29, 1.82) is 0 Å². The number of anilines is 1. The molecule has 0 radical (unpaired) electrons. The van der Waals surface area contributed by atoms with Crippen LogP contribution in [0.1, 0.15) is 20.8 Å². The molecule has 0 spiro atoms. The third-order valence-electron chi connectivity index (χ3n) is 3.15. The zero-order chi connectivity index (χ0) is 20.6. The summed E-state index contributed by atoms with van der Waals surface area (Å²) < 4.78 is 108. The summed E-state index contributed by atoms with van der Waals surface area (Å²) >= 11 is 0.771. The van der Waals surface area contributed by atoms with Crippen LogP contribution in [0.5, 0.6) is 0 Å². The van der Waals surface area contributed by atoms with Gasteiger partial charge in [0.15, 0.2) is 0 Å². The highest BCUT2D eigenvalue weighted by Crippen LogP contribution is 2.37. The molecule has 0 saturated heterocycles. The third-order valence-corrected chi connectivity index (χ3v) is 5.39. The molecular weight excluding hydrogens is 424 g/mol. The Morgan fingerprint density at radius 2 is 1.56 bits per heavy atom. The fraction of sp³-hybridized carbons (Fsp3) is 0.214. The van der Waals surface area contributed by atoms with Gasteiger partial charge in [0.2, 0.25) is 0 Å². The molecular formula is C14H9F6NO4S2. The number of rotatable bonds is 4. The van der Waals surface area contributed by atoms with Crippen LogP contribution < -0.4 is 4.72 Å². The lowest BCUT2D eigenvalue weighted by Gasteiger charge is -2.15. The molecule has 13 heteroatoms. The van der Waals surface area contributed by atoms with Crippen molar-refractivity contribution >= 4 is 33.0 Å². The van der Waals surface area contributed by atoms with E-state index in [1.165, 1.54) is 5.38 Å². The highest BCUT2D eigenvalue weighted by Gasteiger charge is 2.38. The summed E-state index contributed by atoms with van der Waals surface area (Å²) in [6, 6.07) is 1.07. The number of thiophene rings is 1. The van der Waals surface area contributed by atoms with Crippen molar-refractivity contribution in [2.45, 2.75) is 17.2 Å². The number of esters is 1. The van der Waals surface area contributed by atoms with Gasteiger partial charge in [0.25, 0.3) is 10.0 Å². The van der Waals surface area contributed by atoms with Crippen LogP contribution in [0.4, 0.5) is 32.0 Å². The first-order valence-electron chi connectivity index (χ1n) is 6.74. The van der Waals surface area contributed by atoms with Gasteiger partial charge in [-0.05, 0) is 29.6 Å². The summed E-state index contributed by atoms with van der Waals surface area (Å²) in [6.45, 7) is 0. The van der Waals surface area contributed by atoms with E-state index in [0.717, 1.165) is 24.5 Å². The van der Waals surface area contributed by atoms with E-state index in [1.54, 1.807) is 4.72 Å². The van der Waals surface area contributed by atoms with Crippen molar-refractivity contribution in [3.05, 3.63) is 45.6 Å². The van der Waals surface area contributed by atoms with Gasteiger partial charge in [0.1, 0.15) is 4.88 Å². The van der Waals surface area contributed by atoms with Gasteiger partial charge >= 0.3 is 18.3 Å². The van der Waals surface area contributed by atoms with Gasteiger partial charge in [0, 0.05) is 0 Å². The predicted molar refractivity (Wildman–Crippen MR) is 82.9 cm³/mol. The molecule has 0 unspecified atom stereocenters. The minimum absolute atomic E-state index is 0.0712. The number of nitrogens with one attached hydrogen (secondary N) is 1. The molecule has 0 aliphatic rings. The smallest absolute Gasteiger partial charge is 0.416 e. The molecule has 0 atom stereocenters. The molecule has 0 aliphatic heterocycles. The average molecular weight is 433 g/mol. The maximum absolute atomic E-state index is 12.9. The van der Waals surface area contributed by atoms with E-state index in [0.29, 0.717) is 0 Å². The summed E-state index contributed by atoms with van der Waals surface area (Å²) in [6.07, 6.45) is -10.4. The van der Waals surface area contributed by atoms with Crippen molar-refractivity contribution in [2.75, 3.05) is 11.8 Å². The molecule has 148 valence electrons. The number of benzene rings is 1. The zero-order valence-electron chi connectivity index (χ0n) is 13.1. The first-order valence-corrected chi connectivity index (χ1v) is 9.10. The first-order chi connectivity index (χ1) is 12.3. The van der Waals surface area contributed by atoms with Gasteiger partial charge in [-0.3, -0.25) is 4.72 Å². The number of hydrogen-bond acceptors (Lipinski definition) is 5. The highest BCUT2D eigenvalue weighted by molar-refractivity contribution is 7.92. The van der Waals surface area contributed by atoms with E-state index < -0.39 is 44.4 Å². The normalized spacial score (nSPS) is 12.7. The van der Waals surface area contributed by atoms with Gasteiger partial charge < -0.3 is 4.74 Å². The Morgan fingerprint density at radius 3 is 2.00 bits per heavy atom. The van der Waals surface area contributed by atoms with E-state index in [2.05, 4.69) is 4.74 Å². The lowest BCUT2D eigenvalue weighted by Crippen LogP contribution is -2.18. The van der Waals surface area contributed by atoms with E-state index in [-0.39, 0.29) is 28.8 Å². The standard InChI is InChI=1S/C14H9F6NO4S2/c1-25-12(22)11-10(2-3-26-11)21-27(23,24)9-5-7(13(15,16)17)4-8(6-9)14(18,19)20/h2-6,21H,1H3. The predicted octanol–water partition coefficient (Wildman–Crippen LogP) is 4.37. The number of ether oxygens (including phenoxy) is 1. The Bertz CT molecular complexity index is 930. The van der Waals surface area contributed by atoms with Crippen LogP contribution >= 0.6 is 11.3 Å². The summed E-state index contributed by atoms with van der Waals surface area (Å²) in [5.74, 6) is -0.928. The largest absolute Gasteiger partial charge is 0.465 e. The number of carbonyl (C=O) groups excluding carboxylic acids is 1. The van der Waals surface area contributed by atoms with Crippen LogP contribution in [0, 0.1) is 0 Å². The minimum atomic E-state index is -5.20. The van der Waals surface area contributed by atoms with Crippen LogP contribution in [0.15, 0.2) is 34.5 Å². The van der Waals surface area contributed by atoms with Crippen LogP contribution in [-0.4, -0.2) is 21.5 Å². The number of hydrogen-bond donors (Lipinski definition) is 1. The fourth-order valence-corrected chi connectivity index (χ4v) is 3.90. The summed E-state index contributed by atoms with van der Waals surface area (Å²) in [7, 11) is -3.85. The molecule has 2 rings (SSSR count). The molecule has 1 N–H and O–H groups in total. The van der Waals surface area contributed by atoms with Crippen LogP contribution in [0.2, 0.25) is 0 Å². The second kappa shape index (κ2) is 7.03. The van der Waals surface area contributed by atoms with Gasteiger partial charge in [-0.25, -0.2) is 13.2 Å². The minimum Gasteiger partial charge on any atom is -0.465 e. The van der Waals surface area contributed by atoms with E-state index in [9.17, 15) is 39.6 Å². The van der Waals surface area contributed by atoms with Gasteiger partial charge in [-0.2, -0.15) is 26.3 Å². The maximum Gasteiger partial charge on any atom is 0.416 e. The molecule has 1 aromatic heterocycles. The van der Waals surface area contributed by atoms with Gasteiger partial charge in [0.05, 0.1) is 28.8 Å². The number of halogens is 6. The Kier molecular flexibility index (Phi) is 5.48. The topological polar surface area (TPSA) is 72.5 Å².